The first-order chi connectivity index (χ1) is 6.31. The van der Waals surface area contributed by atoms with Gasteiger partial charge < -0.3 is 5.11 Å². The Labute approximate surface area is 85.3 Å². The van der Waals surface area contributed by atoms with Crippen molar-refractivity contribution < 1.29 is 5.11 Å². The normalized spacial score (nSPS) is 34.4. The van der Waals surface area contributed by atoms with Gasteiger partial charge in [0, 0.05) is 4.75 Å². The molecule has 0 amide bonds. The highest BCUT2D eigenvalue weighted by Crippen LogP contribution is 2.45. The molecule has 76 valence electrons. The van der Waals surface area contributed by atoms with Crippen LogP contribution in [0.2, 0.25) is 0 Å². The maximum absolute atomic E-state index is 9.71. The largest absolute Gasteiger partial charge is 0.393 e. The third-order valence-electron chi connectivity index (χ3n) is 3.48. The predicted molar refractivity (Wildman–Crippen MR) is 58.1 cm³/mol. The lowest BCUT2D eigenvalue weighted by Crippen LogP contribution is -2.34. The first-order valence-corrected chi connectivity index (χ1v) is 6.61. The van der Waals surface area contributed by atoms with Crippen molar-refractivity contribution in [1.82, 2.24) is 0 Å². The average molecular weight is 200 g/mol. The first kappa shape index (κ1) is 9.85. The monoisotopic (exact) mass is 200 g/mol. The molecule has 0 bridgehead atoms. The molecule has 1 aliphatic heterocycles. The standard InChI is InChI=1S/C11H20OS/c12-10-5-8-13-11(9-10)6-3-1-2-4-7-11/h10,12H,1-9H2. The summed E-state index contributed by atoms with van der Waals surface area (Å²) >= 11 is 2.14. The second-order valence-corrected chi connectivity index (χ2v) is 6.16. The number of thioether (sulfide) groups is 1. The van der Waals surface area contributed by atoms with Gasteiger partial charge in [-0.15, -0.1) is 0 Å². The van der Waals surface area contributed by atoms with E-state index in [2.05, 4.69) is 11.8 Å². The molecule has 2 fully saturated rings. The SMILES string of the molecule is OC1CCSC2(CCCCCC2)C1. The summed E-state index contributed by atoms with van der Waals surface area (Å²) in [4.78, 5) is 0. The van der Waals surface area contributed by atoms with E-state index in [1.54, 1.807) is 0 Å². The average Bonchev–Trinajstić information content (AvgIpc) is 2.31. The highest BCUT2D eigenvalue weighted by Gasteiger charge is 2.36. The van der Waals surface area contributed by atoms with E-state index in [1.165, 1.54) is 44.3 Å². The number of aliphatic hydroxyl groups is 1. The van der Waals surface area contributed by atoms with Gasteiger partial charge >= 0.3 is 0 Å². The zero-order valence-electron chi connectivity index (χ0n) is 8.30. The van der Waals surface area contributed by atoms with Gasteiger partial charge in [-0.3, -0.25) is 0 Å². The Morgan fingerprint density at radius 3 is 2.38 bits per heavy atom. The summed E-state index contributed by atoms with van der Waals surface area (Å²) in [7, 11) is 0. The van der Waals surface area contributed by atoms with Gasteiger partial charge in [0.05, 0.1) is 6.10 Å². The minimum atomic E-state index is -0.000602. The molecule has 2 heteroatoms. The van der Waals surface area contributed by atoms with E-state index in [-0.39, 0.29) is 6.10 Å². The molecule has 1 atom stereocenters. The molecule has 1 saturated heterocycles. The molecule has 2 aliphatic rings. The molecule has 1 heterocycles. The Bertz CT molecular complexity index is 161. The van der Waals surface area contributed by atoms with Crippen LogP contribution in [0.25, 0.3) is 0 Å². The molecule has 1 aliphatic carbocycles. The zero-order valence-corrected chi connectivity index (χ0v) is 9.11. The maximum Gasteiger partial charge on any atom is 0.0561 e. The summed E-state index contributed by atoms with van der Waals surface area (Å²) in [5, 5.41) is 9.71. The third-order valence-corrected chi connectivity index (χ3v) is 5.11. The van der Waals surface area contributed by atoms with E-state index >= 15 is 0 Å². The topological polar surface area (TPSA) is 20.2 Å². The van der Waals surface area contributed by atoms with E-state index < -0.39 is 0 Å². The van der Waals surface area contributed by atoms with E-state index in [9.17, 15) is 5.11 Å². The van der Waals surface area contributed by atoms with Crippen molar-refractivity contribution in [2.75, 3.05) is 5.75 Å². The molecule has 0 radical (unpaired) electrons. The lowest BCUT2D eigenvalue weighted by molar-refractivity contribution is 0.137. The lowest BCUT2D eigenvalue weighted by Gasteiger charge is -2.38. The van der Waals surface area contributed by atoms with Crippen molar-refractivity contribution >= 4 is 11.8 Å². The Kier molecular flexibility index (Phi) is 3.20. The first-order valence-electron chi connectivity index (χ1n) is 5.63. The molecular formula is C11H20OS. The van der Waals surface area contributed by atoms with E-state index in [0.29, 0.717) is 4.75 Å². The van der Waals surface area contributed by atoms with Crippen LogP contribution in [0.3, 0.4) is 0 Å². The van der Waals surface area contributed by atoms with E-state index in [4.69, 9.17) is 0 Å². The van der Waals surface area contributed by atoms with Gasteiger partial charge in [0.1, 0.15) is 0 Å². The number of rotatable bonds is 0. The van der Waals surface area contributed by atoms with Gasteiger partial charge in [-0.05, 0) is 31.4 Å². The molecule has 0 aromatic heterocycles. The van der Waals surface area contributed by atoms with Crippen LogP contribution in [0, 0.1) is 0 Å². The number of hydrogen-bond donors (Lipinski definition) is 1. The fourth-order valence-corrected chi connectivity index (χ4v) is 4.43. The molecule has 1 saturated carbocycles. The van der Waals surface area contributed by atoms with Crippen molar-refractivity contribution in [1.29, 1.82) is 0 Å². The van der Waals surface area contributed by atoms with Gasteiger partial charge in [-0.25, -0.2) is 0 Å². The third kappa shape index (κ3) is 2.41. The van der Waals surface area contributed by atoms with Crippen molar-refractivity contribution in [3.63, 3.8) is 0 Å². The Hall–Kier alpha value is 0.310. The van der Waals surface area contributed by atoms with Gasteiger partial charge in [-0.1, -0.05) is 25.7 Å². The molecule has 2 rings (SSSR count). The van der Waals surface area contributed by atoms with Crippen molar-refractivity contribution in [2.24, 2.45) is 0 Å². The molecule has 13 heavy (non-hydrogen) atoms. The van der Waals surface area contributed by atoms with Crippen molar-refractivity contribution in [2.45, 2.75) is 62.2 Å². The van der Waals surface area contributed by atoms with Crippen LogP contribution in [0.15, 0.2) is 0 Å². The summed E-state index contributed by atoms with van der Waals surface area (Å²) in [6.45, 7) is 0. The van der Waals surface area contributed by atoms with Crippen LogP contribution >= 0.6 is 11.8 Å². The minimum absolute atomic E-state index is 0.000602. The van der Waals surface area contributed by atoms with Crippen molar-refractivity contribution in [3.8, 4) is 0 Å². The maximum atomic E-state index is 9.71. The van der Waals surface area contributed by atoms with Crippen LogP contribution in [0.5, 0.6) is 0 Å². The summed E-state index contributed by atoms with van der Waals surface area (Å²) in [5.41, 5.74) is 0. The minimum Gasteiger partial charge on any atom is -0.393 e. The zero-order chi connectivity index (χ0) is 9.15. The Morgan fingerprint density at radius 2 is 1.77 bits per heavy atom. The number of hydrogen-bond acceptors (Lipinski definition) is 2. The highest BCUT2D eigenvalue weighted by atomic mass is 32.2. The molecule has 1 nitrogen and oxygen atoms in total. The molecule has 1 unspecified atom stereocenters. The van der Waals surface area contributed by atoms with Crippen LogP contribution in [-0.2, 0) is 0 Å². The summed E-state index contributed by atoms with van der Waals surface area (Å²) in [5.74, 6) is 1.18. The molecule has 0 aromatic carbocycles. The second-order valence-electron chi connectivity index (χ2n) is 4.59. The summed E-state index contributed by atoms with van der Waals surface area (Å²) in [6.07, 6.45) is 10.4. The molecular weight excluding hydrogens is 180 g/mol. The van der Waals surface area contributed by atoms with Crippen LogP contribution in [-0.4, -0.2) is 21.7 Å². The van der Waals surface area contributed by atoms with Crippen LogP contribution in [0.1, 0.15) is 51.4 Å². The quantitative estimate of drug-likeness (QED) is 0.649. The van der Waals surface area contributed by atoms with Gasteiger partial charge in [0.25, 0.3) is 0 Å². The Morgan fingerprint density at radius 1 is 1.08 bits per heavy atom. The lowest BCUT2D eigenvalue weighted by atomic mass is 9.91. The fraction of sp³-hybridized carbons (Fsp3) is 1.00. The van der Waals surface area contributed by atoms with Gasteiger partial charge in [0.15, 0.2) is 0 Å². The van der Waals surface area contributed by atoms with Crippen molar-refractivity contribution in [3.05, 3.63) is 0 Å². The number of aliphatic hydroxyl groups excluding tert-OH is 1. The van der Waals surface area contributed by atoms with Gasteiger partial charge in [-0.2, -0.15) is 11.8 Å². The molecule has 0 aromatic rings. The highest BCUT2D eigenvalue weighted by molar-refractivity contribution is 8.00. The smallest absolute Gasteiger partial charge is 0.0561 e. The Balaban J connectivity index is 1.99. The van der Waals surface area contributed by atoms with Crippen LogP contribution < -0.4 is 0 Å². The second kappa shape index (κ2) is 4.22. The van der Waals surface area contributed by atoms with Gasteiger partial charge in [0.2, 0.25) is 0 Å². The molecule has 1 N–H and O–H groups in total. The summed E-state index contributed by atoms with van der Waals surface area (Å²) in [6, 6.07) is 0. The predicted octanol–water partition coefficient (Wildman–Crippen LogP) is 2.97. The fourth-order valence-electron chi connectivity index (χ4n) is 2.72. The van der Waals surface area contributed by atoms with Crippen LogP contribution in [0.4, 0.5) is 0 Å². The van der Waals surface area contributed by atoms with E-state index in [0.717, 1.165) is 12.8 Å². The van der Waals surface area contributed by atoms with E-state index in [1.807, 2.05) is 0 Å². The summed E-state index contributed by atoms with van der Waals surface area (Å²) < 4.78 is 0.480. The molecule has 1 spiro atoms.